The summed E-state index contributed by atoms with van der Waals surface area (Å²) in [4.78, 5) is 40.6. The average Bonchev–Trinajstić information content (AvgIpc) is 3.60. The zero-order valence-electron chi connectivity index (χ0n) is 20.9. The molecule has 2 aliphatic rings. The van der Waals surface area contributed by atoms with E-state index in [0.717, 1.165) is 51.4 Å². The molecule has 0 spiro atoms. The van der Waals surface area contributed by atoms with Crippen LogP contribution in [0.15, 0.2) is 42.7 Å². The van der Waals surface area contributed by atoms with Crippen molar-refractivity contribution >= 4 is 17.8 Å². The molecule has 0 radical (unpaired) electrons. The van der Waals surface area contributed by atoms with Gasteiger partial charge in [0.25, 0.3) is 5.91 Å². The standard InChI is InChI=1S/C22H24F3N3O.C4H6O6/c23-22(24,25)20-14-17(16-7-9-26-10-8-16)5-6-19(20)21(29)28-13-3-4-18(28)15-27-11-1-2-12-27;5-1(3(7)8)2(6)4(9)10/h5-10,14,18H,1-4,11-13,15H2;1-2,5-6H,(H,7,8)(H,9,10)/t18-;1-,2-/m01/s1. The molecule has 4 rings (SSSR count). The van der Waals surface area contributed by atoms with Crippen LogP contribution in [0.3, 0.4) is 0 Å². The van der Waals surface area contributed by atoms with Crippen molar-refractivity contribution in [2.24, 2.45) is 0 Å². The van der Waals surface area contributed by atoms with Crippen molar-refractivity contribution in [3.8, 4) is 11.1 Å². The van der Waals surface area contributed by atoms with Crippen molar-refractivity contribution in [2.75, 3.05) is 26.2 Å². The molecule has 0 aliphatic carbocycles. The van der Waals surface area contributed by atoms with Gasteiger partial charge in [0.05, 0.1) is 11.1 Å². The molecule has 0 unspecified atom stereocenters. The Labute approximate surface area is 222 Å². The topological polar surface area (TPSA) is 152 Å². The van der Waals surface area contributed by atoms with Crippen LogP contribution in [0.5, 0.6) is 0 Å². The third-order valence-electron chi connectivity index (χ3n) is 6.68. The maximum absolute atomic E-state index is 13.8. The fourth-order valence-corrected chi connectivity index (χ4v) is 4.67. The van der Waals surface area contributed by atoms with Crippen LogP contribution in [-0.2, 0) is 15.8 Å². The summed E-state index contributed by atoms with van der Waals surface area (Å²) in [5.41, 5.74) is -0.0730. The molecule has 2 saturated heterocycles. The predicted octanol–water partition coefficient (Wildman–Crippen LogP) is 2.35. The van der Waals surface area contributed by atoms with Gasteiger partial charge in [-0.1, -0.05) is 6.07 Å². The molecule has 1 amide bonds. The number of nitrogens with zero attached hydrogens (tertiary/aromatic N) is 3. The average molecular weight is 554 g/mol. The number of rotatable bonds is 7. The number of aliphatic hydroxyl groups excluding tert-OH is 2. The first-order valence-electron chi connectivity index (χ1n) is 12.4. The fourth-order valence-electron chi connectivity index (χ4n) is 4.67. The molecular formula is C26H30F3N3O7. The highest BCUT2D eigenvalue weighted by molar-refractivity contribution is 5.97. The predicted molar refractivity (Wildman–Crippen MR) is 132 cm³/mol. The number of carboxylic acid groups (broad SMARTS) is 2. The van der Waals surface area contributed by atoms with Crippen molar-refractivity contribution < 1.29 is 48.0 Å². The minimum absolute atomic E-state index is 0.0124. The van der Waals surface area contributed by atoms with Crippen LogP contribution in [-0.4, -0.2) is 97.5 Å². The monoisotopic (exact) mass is 553 g/mol. The molecule has 1 aromatic carbocycles. The van der Waals surface area contributed by atoms with Crippen LogP contribution < -0.4 is 0 Å². The fraction of sp³-hybridized carbons (Fsp3) is 0.462. The van der Waals surface area contributed by atoms with Crippen molar-refractivity contribution in [3.05, 3.63) is 53.9 Å². The Bertz CT molecular complexity index is 1140. The summed E-state index contributed by atoms with van der Waals surface area (Å²) in [7, 11) is 0. The number of halogens is 3. The summed E-state index contributed by atoms with van der Waals surface area (Å²) in [6.07, 6.45) is -2.08. The number of amides is 1. The van der Waals surface area contributed by atoms with Crippen molar-refractivity contribution in [3.63, 3.8) is 0 Å². The van der Waals surface area contributed by atoms with E-state index in [2.05, 4.69) is 9.88 Å². The van der Waals surface area contributed by atoms with E-state index in [-0.39, 0.29) is 11.6 Å². The van der Waals surface area contributed by atoms with E-state index >= 15 is 0 Å². The second-order valence-corrected chi connectivity index (χ2v) is 9.36. The Balaban J connectivity index is 0.000000360. The number of pyridine rings is 1. The number of carboxylic acids is 2. The van der Waals surface area contributed by atoms with E-state index in [1.807, 2.05) is 0 Å². The van der Waals surface area contributed by atoms with Crippen molar-refractivity contribution in [1.82, 2.24) is 14.8 Å². The zero-order chi connectivity index (χ0) is 28.7. The lowest BCUT2D eigenvalue weighted by atomic mass is 9.98. The van der Waals surface area contributed by atoms with Gasteiger partial charge in [0.1, 0.15) is 0 Å². The van der Waals surface area contributed by atoms with Gasteiger partial charge < -0.3 is 30.2 Å². The highest BCUT2D eigenvalue weighted by Crippen LogP contribution is 2.36. The lowest BCUT2D eigenvalue weighted by Gasteiger charge is -2.29. The minimum Gasteiger partial charge on any atom is -0.479 e. The van der Waals surface area contributed by atoms with Crippen molar-refractivity contribution in [2.45, 2.75) is 50.1 Å². The molecule has 3 heterocycles. The highest BCUT2D eigenvalue weighted by atomic mass is 19.4. The lowest BCUT2D eigenvalue weighted by molar-refractivity contribution is -0.165. The van der Waals surface area contributed by atoms with Crippen LogP contribution in [0.4, 0.5) is 13.2 Å². The summed E-state index contributed by atoms with van der Waals surface area (Å²) in [5.74, 6) is -4.05. The third-order valence-corrected chi connectivity index (χ3v) is 6.68. The van der Waals surface area contributed by atoms with Gasteiger partial charge in [0.2, 0.25) is 0 Å². The lowest BCUT2D eigenvalue weighted by Crippen LogP contribution is -2.43. The Kier molecular flexibility index (Phi) is 10.0. The molecule has 13 heteroatoms. The van der Waals surface area contributed by atoms with E-state index < -0.39 is 41.8 Å². The first-order valence-corrected chi connectivity index (χ1v) is 12.4. The highest BCUT2D eigenvalue weighted by Gasteiger charge is 2.39. The molecule has 2 fully saturated rings. The number of aromatic nitrogens is 1. The van der Waals surface area contributed by atoms with Crippen LogP contribution in [0.2, 0.25) is 0 Å². The van der Waals surface area contributed by atoms with E-state index in [4.69, 9.17) is 20.4 Å². The van der Waals surface area contributed by atoms with E-state index in [1.165, 1.54) is 18.5 Å². The smallest absolute Gasteiger partial charge is 0.417 e. The SMILES string of the molecule is O=C(O)[C@H](O)[C@@H](O)C(=O)O.O=C(c1ccc(-c2ccncc2)cc1C(F)(F)F)N1CCC[C@H]1CN1CCCC1. The largest absolute Gasteiger partial charge is 0.479 e. The maximum atomic E-state index is 13.8. The van der Waals surface area contributed by atoms with Crippen LogP contribution >= 0.6 is 0 Å². The second kappa shape index (κ2) is 13.0. The molecule has 4 N–H and O–H groups in total. The number of benzene rings is 1. The molecule has 2 aliphatic heterocycles. The second-order valence-electron chi connectivity index (χ2n) is 9.36. The molecule has 212 valence electrons. The number of carbonyl (C=O) groups is 3. The summed E-state index contributed by atoms with van der Waals surface area (Å²) in [6.45, 7) is 3.28. The molecule has 10 nitrogen and oxygen atoms in total. The molecule has 1 aromatic heterocycles. The van der Waals surface area contributed by atoms with Gasteiger partial charge in [0.15, 0.2) is 12.2 Å². The molecule has 0 bridgehead atoms. The Morgan fingerprint density at radius 2 is 1.49 bits per heavy atom. The van der Waals surface area contributed by atoms with Gasteiger partial charge in [-0.15, -0.1) is 0 Å². The summed E-state index contributed by atoms with van der Waals surface area (Å²) < 4.78 is 41.5. The van der Waals surface area contributed by atoms with Gasteiger partial charge in [-0.3, -0.25) is 9.78 Å². The first-order chi connectivity index (χ1) is 18.4. The molecule has 39 heavy (non-hydrogen) atoms. The van der Waals surface area contributed by atoms with E-state index in [0.29, 0.717) is 17.7 Å². The zero-order valence-corrected chi connectivity index (χ0v) is 20.9. The van der Waals surface area contributed by atoms with Gasteiger partial charge in [0, 0.05) is 31.5 Å². The van der Waals surface area contributed by atoms with Crippen LogP contribution in [0, 0.1) is 0 Å². The Morgan fingerprint density at radius 1 is 0.897 bits per heavy atom. The van der Waals surface area contributed by atoms with Crippen LogP contribution in [0.1, 0.15) is 41.6 Å². The van der Waals surface area contributed by atoms with E-state index in [9.17, 15) is 27.6 Å². The van der Waals surface area contributed by atoms with Crippen molar-refractivity contribution in [1.29, 1.82) is 0 Å². The van der Waals surface area contributed by atoms with Crippen LogP contribution in [0.25, 0.3) is 11.1 Å². The number of carbonyl (C=O) groups excluding carboxylic acids is 1. The van der Waals surface area contributed by atoms with Gasteiger partial charge >= 0.3 is 18.1 Å². The Morgan fingerprint density at radius 3 is 2.03 bits per heavy atom. The number of aliphatic hydroxyl groups is 2. The number of hydrogen-bond donors (Lipinski definition) is 4. The Hall–Kier alpha value is -3.55. The quantitative estimate of drug-likeness (QED) is 0.405. The summed E-state index contributed by atoms with van der Waals surface area (Å²) in [6, 6.07) is 7.29. The number of alkyl halides is 3. The number of aliphatic carboxylic acids is 2. The van der Waals surface area contributed by atoms with Gasteiger partial charge in [-0.25, -0.2) is 9.59 Å². The first kappa shape index (κ1) is 30.0. The van der Waals surface area contributed by atoms with Gasteiger partial charge in [-0.05, 0) is 74.2 Å². The minimum atomic E-state index is -4.60. The summed E-state index contributed by atoms with van der Waals surface area (Å²) >= 11 is 0. The normalized spacial score (nSPS) is 19.2. The maximum Gasteiger partial charge on any atom is 0.417 e. The molecular weight excluding hydrogens is 523 g/mol. The third kappa shape index (κ3) is 7.74. The van der Waals surface area contributed by atoms with Gasteiger partial charge in [-0.2, -0.15) is 13.2 Å². The number of likely N-dealkylation sites (tertiary alicyclic amines) is 2. The van der Waals surface area contributed by atoms with E-state index in [1.54, 1.807) is 23.1 Å². The summed E-state index contributed by atoms with van der Waals surface area (Å²) in [5, 5.41) is 32.5. The molecule has 3 atom stereocenters. The number of hydrogen-bond acceptors (Lipinski definition) is 7. The molecule has 0 saturated carbocycles. The molecule has 2 aromatic rings.